The maximum Gasteiger partial charge on any atom is 0.234 e. The van der Waals surface area contributed by atoms with Crippen LogP contribution in [0.15, 0.2) is 41.6 Å². The van der Waals surface area contributed by atoms with Gasteiger partial charge in [-0.3, -0.25) is 4.79 Å². The van der Waals surface area contributed by atoms with Gasteiger partial charge in [0.15, 0.2) is 11.0 Å². The van der Waals surface area contributed by atoms with Crippen LogP contribution >= 0.6 is 46.6 Å². The number of nitrogens with zero attached hydrogens (tertiary/aromatic N) is 3. The summed E-state index contributed by atoms with van der Waals surface area (Å²) in [5.74, 6) is -0.123. The molecule has 0 aliphatic carbocycles. The van der Waals surface area contributed by atoms with E-state index in [1.54, 1.807) is 18.2 Å². The summed E-state index contributed by atoms with van der Waals surface area (Å²) in [6.07, 6.45) is 0. The zero-order valence-corrected chi connectivity index (χ0v) is 17.6. The average Bonchev–Trinajstić information content (AvgIpc) is 3.05. The van der Waals surface area contributed by atoms with Gasteiger partial charge in [-0.25, -0.2) is 4.39 Å². The third kappa shape index (κ3) is 4.78. The number of carbonyl (C=O) groups excluding carboxylic acids is 1. The minimum Gasteiger partial charge on any atom is -0.325 e. The van der Waals surface area contributed by atoms with Gasteiger partial charge in [0.25, 0.3) is 0 Å². The standard InChI is InChI=1S/C18H14Cl3FN4OS/c1-2-26-17(12-5-3-10(19)7-13(12)20)24-25-18(26)28-9-16(27)23-11-4-6-15(22)14(21)8-11/h3-8H,2,9H2,1H3,(H,23,27). The van der Waals surface area contributed by atoms with E-state index in [0.717, 1.165) is 0 Å². The number of aromatic nitrogens is 3. The first-order valence-electron chi connectivity index (χ1n) is 8.15. The molecule has 0 radical (unpaired) electrons. The third-order valence-corrected chi connectivity index (χ3v) is 5.55. The molecule has 0 bridgehead atoms. The van der Waals surface area contributed by atoms with E-state index in [2.05, 4.69) is 15.5 Å². The summed E-state index contributed by atoms with van der Waals surface area (Å²) in [5.41, 5.74) is 1.13. The van der Waals surface area contributed by atoms with Crippen LogP contribution in [0.25, 0.3) is 11.4 Å². The predicted octanol–water partition coefficient (Wildman–Crippen LogP) is 5.80. The Labute approximate surface area is 180 Å². The molecule has 1 aromatic heterocycles. The van der Waals surface area contributed by atoms with E-state index in [4.69, 9.17) is 34.8 Å². The Morgan fingerprint density at radius 2 is 1.93 bits per heavy atom. The van der Waals surface area contributed by atoms with Gasteiger partial charge in [0, 0.05) is 22.8 Å². The van der Waals surface area contributed by atoms with Crippen LogP contribution in [0.4, 0.5) is 10.1 Å². The second kappa shape index (κ2) is 9.13. The van der Waals surface area contributed by atoms with Gasteiger partial charge in [0.05, 0.1) is 15.8 Å². The van der Waals surface area contributed by atoms with Crippen molar-refractivity contribution in [3.05, 3.63) is 57.3 Å². The molecule has 0 fully saturated rings. The van der Waals surface area contributed by atoms with Crippen molar-refractivity contribution in [2.75, 3.05) is 11.1 Å². The average molecular weight is 460 g/mol. The minimum absolute atomic E-state index is 0.0549. The molecule has 1 N–H and O–H groups in total. The van der Waals surface area contributed by atoms with Crippen molar-refractivity contribution in [3.63, 3.8) is 0 Å². The van der Waals surface area contributed by atoms with Crippen molar-refractivity contribution >= 4 is 58.2 Å². The zero-order chi connectivity index (χ0) is 20.3. The molecule has 0 aliphatic heterocycles. The molecule has 10 heteroatoms. The first-order valence-corrected chi connectivity index (χ1v) is 10.3. The summed E-state index contributed by atoms with van der Waals surface area (Å²) >= 11 is 19.2. The fourth-order valence-corrected chi connectivity index (χ4v) is 3.93. The van der Waals surface area contributed by atoms with Crippen molar-refractivity contribution in [2.24, 2.45) is 0 Å². The topological polar surface area (TPSA) is 59.8 Å². The van der Waals surface area contributed by atoms with Gasteiger partial charge in [0.1, 0.15) is 5.82 Å². The fraction of sp³-hybridized carbons (Fsp3) is 0.167. The molecule has 0 atom stereocenters. The number of amides is 1. The van der Waals surface area contributed by atoms with Gasteiger partial charge in [-0.15, -0.1) is 10.2 Å². The van der Waals surface area contributed by atoms with Crippen molar-refractivity contribution in [3.8, 4) is 11.4 Å². The molecule has 2 aromatic carbocycles. The summed E-state index contributed by atoms with van der Waals surface area (Å²) in [6.45, 7) is 2.54. The predicted molar refractivity (Wildman–Crippen MR) is 112 cm³/mol. The van der Waals surface area contributed by atoms with Crippen molar-refractivity contribution < 1.29 is 9.18 Å². The van der Waals surface area contributed by atoms with Crippen molar-refractivity contribution in [1.29, 1.82) is 0 Å². The van der Waals surface area contributed by atoms with Crippen LogP contribution in [0.2, 0.25) is 15.1 Å². The van der Waals surface area contributed by atoms with Crippen LogP contribution in [0.3, 0.4) is 0 Å². The fourth-order valence-electron chi connectivity index (χ4n) is 2.45. The Balaban J connectivity index is 1.71. The lowest BCUT2D eigenvalue weighted by molar-refractivity contribution is -0.113. The molecular weight excluding hydrogens is 446 g/mol. The Morgan fingerprint density at radius 3 is 2.61 bits per heavy atom. The summed E-state index contributed by atoms with van der Waals surface area (Å²) in [6, 6.07) is 9.14. The van der Waals surface area contributed by atoms with Gasteiger partial charge < -0.3 is 9.88 Å². The number of rotatable bonds is 6. The van der Waals surface area contributed by atoms with Crippen LogP contribution in [-0.2, 0) is 11.3 Å². The molecular formula is C18H14Cl3FN4OS. The van der Waals surface area contributed by atoms with Crippen molar-refractivity contribution in [2.45, 2.75) is 18.6 Å². The second-order valence-corrected chi connectivity index (χ2v) is 7.83. The number of carbonyl (C=O) groups is 1. The highest BCUT2D eigenvalue weighted by Gasteiger charge is 2.17. The monoisotopic (exact) mass is 458 g/mol. The number of hydrogen-bond acceptors (Lipinski definition) is 4. The SMILES string of the molecule is CCn1c(SCC(=O)Nc2ccc(F)c(Cl)c2)nnc1-c1ccc(Cl)cc1Cl. The molecule has 3 aromatic rings. The lowest BCUT2D eigenvalue weighted by atomic mass is 10.2. The van der Waals surface area contributed by atoms with E-state index in [1.165, 1.54) is 30.0 Å². The second-order valence-electron chi connectivity index (χ2n) is 5.64. The molecule has 0 saturated heterocycles. The summed E-state index contributed by atoms with van der Waals surface area (Å²) in [5, 5.41) is 12.6. The number of thioether (sulfide) groups is 1. The Bertz CT molecular complexity index is 1030. The van der Waals surface area contributed by atoms with Crippen LogP contribution in [0.5, 0.6) is 0 Å². The Morgan fingerprint density at radius 1 is 1.14 bits per heavy atom. The Kier molecular flexibility index (Phi) is 6.82. The van der Waals surface area contributed by atoms with Gasteiger partial charge in [-0.2, -0.15) is 0 Å². The largest absolute Gasteiger partial charge is 0.325 e. The molecule has 1 amide bonds. The molecule has 0 spiro atoms. The number of halogens is 4. The number of nitrogens with one attached hydrogen (secondary N) is 1. The summed E-state index contributed by atoms with van der Waals surface area (Å²) in [4.78, 5) is 12.2. The van der Waals surface area contributed by atoms with Gasteiger partial charge in [-0.1, -0.05) is 46.6 Å². The molecule has 146 valence electrons. The lowest BCUT2D eigenvalue weighted by Gasteiger charge is -2.09. The van der Waals surface area contributed by atoms with Crippen LogP contribution in [0.1, 0.15) is 6.92 Å². The minimum atomic E-state index is -0.543. The highest BCUT2D eigenvalue weighted by Crippen LogP contribution is 2.31. The highest BCUT2D eigenvalue weighted by molar-refractivity contribution is 7.99. The number of anilines is 1. The first-order chi connectivity index (χ1) is 13.4. The smallest absolute Gasteiger partial charge is 0.234 e. The molecule has 3 rings (SSSR count). The highest BCUT2D eigenvalue weighted by atomic mass is 35.5. The van der Waals surface area contributed by atoms with E-state index in [0.29, 0.717) is 38.8 Å². The zero-order valence-electron chi connectivity index (χ0n) is 14.5. The molecule has 0 aliphatic rings. The maximum atomic E-state index is 13.2. The maximum absolute atomic E-state index is 13.2. The van der Waals surface area contributed by atoms with Crippen LogP contribution in [-0.4, -0.2) is 26.4 Å². The molecule has 0 unspecified atom stereocenters. The normalized spacial score (nSPS) is 10.9. The molecule has 0 saturated carbocycles. The van der Waals surface area contributed by atoms with E-state index >= 15 is 0 Å². The summed E-state index contributed by atoms with van der Waals surface area (Å²) in [7, 11) is 0. The number of benzene rings is 2. The van der Waals surface area contributed by atoms with Crippen LogP contribution in [0, 0.1) is 5.82 Å². The van der Waals surface area contributed by atoms with E-state index in [1.807, 2.05) is 11.5 Å². The first kappa shape index (κ1) is 20.9. The van der Waals surface area contributed by atoms with Crippen molar-refractivity contribution in [1.82, 2.24) is 14.8 Å². The lowest BCUT2D eigenvalue weighted by Crippen LogP contribution is -2.14. The van der Waals surface area contributed by atoms with Gasteiger partial charge in [0.2, 0.25) is 5.91 Å². The quantitative estimate of drug-likeness (QED) is 0.474. The molecule has 1 heterocycles. The number of hydrogen-bond donors (Lipinski definition) is 1. The van der Waals surface area contributed by atoms with Crippen LogP contribution < -0.4 is 5.32 Å². The van der Waals surface area contributed by atoms with Gasteiger partial charge >= 0.3 is 0 Å². The van der Waals surface area contributed by atoms with Gasteiger partial charge in [-0.05, 0) is 43.3 Å². The third-order valence-electron chi connectivity index (χ3n) is 3.74. The summed E-state index contributed by atoms with van der Waals surface area (Å²) < 4.78 is 15.1. The van der Waals surface area contributed by atoms with E-state index in [9.17, 15) is 9.18 Å². The van der Waals surface area contributed by atoms with E-state index < -0.39 is 5.82 Å². The molecule has 28 heavy (non-hydrogen) atoms. The van der Waals surface area contributed by atoms with E-state index in [-0.39, 0.29) is 16.7 Å². The molecule has 5 nitrogen and oxygen atoms in total. The Hall–Kier alpha value is -1.80.